The zero-order valence-corrected chi connectivity index (χ0v) is 16.7. The van der Waals surface area contributed by atoms with Gasteiger partial charge in [0.05, 0.1) is 18.0 Å². The van der Waals surface area contributed by atoms with Gasteiger partial charge in [-0.05, 0) is 24.7 Å². The summed E-state index contributed by atoms with van der Waals surface area (Å²) in [5, 5.41) is 7.25. The predicted molar refractivity (Wildman–Crippen MR) is 104 cm³/mol. The van der Waals surface area contributed by atoms with Gasteiger partial charge in [0.15, 0.2) is 5.65 Å². The van der Waals surface area contributed by atoms with Gasteiger partial charge >= 0.3 is 6.18 Å². The van der Waals surface area contributed by atoms with Crippen LogP contribution in [0.1, 0.15) is 18.4 Å². The lowest BCUT2D eigenvalue weighted by atomic mass is 10.0. The Kier molecular flexibility index (Phi) is 5.05. The second-order valence-corrected chi connectivity index (χ2v) is 8.19. The van der Waals surface area contributed by atoms with Crippen molar-refractivity contribution in [2.45, 2.75) is 38.0 Å². The number of fused-ring (bicyclic) bond motifs is 2. The molecule has 1 aliphatic heterocycles. The van der Waals surface area contributed by atoms with E-state index in [1.165, 1.54) is 6.20 Å². The average Bonchev–Trinajstić information content (AvgIpc) is 3.41. The normalized spacial score (nSPS) is 23.3. The van der Waals surface area contributed by atoms with E-state index < -0.39 is 24.7 Å². The molecule has 3 aromatic heterocycles. The quantitative estimate of drug-likeness (QED) is 0.593. The number of rotatable bonds is 5. The lowest BCUT2D eigenvalue weighted by molar-refractivity contribution is -0.138. The van der Waals surface area contributed by atoms with E-state index in [2.05, 4.69) is 30.4 Å². The fraction of sp³-hybridized carbons (Fsp3) is 0.526. The first-order chi connectivity index (χ1) is 15.3. The Morgan fingerprint density at radius 3 is 2.31 bits per heavy atom. The molecule has 13 heteroatoms. The molecule has 0 amide bonds. The molecule has 1 saturated heterocycles. The Morgan fingerprint density at radius 2 is 1.69 bits per heavy atom. The summed E-state index contributed by atoms with van der Waals surface area (Å²) in [6.07, 6.45) is -0.706. The summed E-state index contributed by atoms with van der Waals surface area (Å²) >= 11 is 0. The minimum Gasteiger partial charge on any atom is -0.366 e. The molecule has 1 saturated carbocycles. The van der Waals surface area contributed by atoms with Gasteiger partial charge in [-0.25, -0.2) is 33.4 Å². The Bertz CT molecular complexity index is 1090. The van der Waals surface area contributed by atoms with Crippen LogP contribution in [0.15, 0.2) is 24.8 Å². The molecule has 170 valence electrons. The number of nitrogens with one attached hydrogen (secondary N) is 1. The van der Waals surface area contributed by atoms with Crippen LogP contribution in [0.4, 0.5) is 33.7 Å². The lowest BCUT2D eigenvalue weighted by Crippen LogP contribution is -2.26. The van der Waals surface area contributed by atoms with E-state index in [0.717, 1.165) is 29.9 Å². The Labute approximate surface area is 178 Å². The van der Waals surface area contributed by atoms with Gasteiger partial charge in [0.25, 0.3) is 6.43 Å². The van der Waals surface area contributed by atoms with Gasteiger partial charge in [-0.1, -0.05) is 0 Å². The van der Waals surface area contributed by atoms with E-state index in [-0.39, 0.29) is 6.04 Å². The molecule has 0 aromatic carbocycles. The van der Waals surface area contributed by atoms with Crippen molar-refractivity contribution in [3.63, 3.8) is 0 Å². The van der Waals surface area contributed by atoms with Gasteiger partial charge in [0.1, 0.15) is 17.9 Å². The van der Waals surface area contributed by atoms with E-state index in [1.807, 2.05) is 4.90 Å². The third kappa shape index (κ3) is 4.02. The number of alkyl halides is 5. The standard InChI is InChI=1S/C19H19F5N8/c20-15(21)9-32-17-14(5-28-32)25-6-16(30-17)29-13-1-10-7-31(8-11(10)2-13)18-26-3-12(4-27-18)19(22,23)24/h3-6,10-11,13,15H,1-2,7-9H2,(H,29,30)/t10-,11+,13+. The molecule has 3 atom stereocenters. The summed E-state index contributed by atoms with van der Waals surface area (Å²) in [6, 6.07) is 0.138. The number of hydrogen-bond donors (Lipinski definition) is 1. The predicted octanol–water partition coefficient (Wildman–Crippen LogP) is 3.23. The SMILES string of the molecule is FC(F)Cn1ncc2ncc(N[C@H]3C[C@@H]4CN(c5ncc(C(F)(F)F)cn5)C[C@@H]4C3)nc21. The maximum atomic E-state index is 12.7. The smallest absolute Gasteiger partial charge is 0.366 e. The fourth-order valence-corrected chi connectivity index (χ4v) is 4.60. The van der Waals surface area contributed by atoms with Crippen LogP contribution in [0.5, 0.6) is 0 Å². The van der Waals surface area contributed by atoms with Crippen molar-refractivity contribution in [1.29, 1.82) is 0 Å². The maximum absolute atomic E-state index is 12.7. The highest BCUT2D eigenvalue weighted by Crippen LogP contribution is 2.40. The van der Waals surface area contributed by atoms with E-state index in [1.54, 1.807) is 6.20 Å². The first-order valence-corrected chi connectivity index (χ1v) is 10.1. The lowest BCUT2D eigenvalue weighted by Gasteiger charge is -2.20. The summed E-state index contributed by atoms with van der Waals surface area (Å²) in [4.78, 5) is 18.4. The van der Waals surface area contributed by atoms with Crippen molar-refractivity contribution in [3.05, 3.63) is 30.4 Å². The Morgan fingerprint density at radius 1 is 1.00 bits per heavy atom. The van der Waals surface area contributed by atoms with Gasteiger partial charge in [-0.2, -0.15) is 18.3 Å². The molecule has 1 N–H and O–H groups in total. The Balaban J connectivity index is 1.21. The van der Waals surface area contributed by atoms with E-state index >= 15 is 0 Å². The molecule has 1 aliphatic carbocycles. The number of anilines is 2. The molecular formula is C19H19F5N8. The second-order valence-electron chi connectivity index (χ2n) is 8.19. The number of aromatic nitrogens is 6. The topological polar surface area (TPSA) is 84.7 Å². The second kappa shape index (κ2) is 7.78. The van der Waals surface area contributed by atoms with Crippen LogP contribution in [-0.2, 0) is 12.7 Å². The van der Waals surface area contributed by atoms with E-state index in [4.69, 9.17) is 0 Å². The fourth-order valence-electron chi connectivity index (χ4n) is 4.60. The molecule has 2 aliphatic rings. The van der Waals surface area contributed by atoms with Gasteiger partial charge in [0, 0.05) is 31.5 Å². The maximum Gasteiger partial charge on any atom is 0.419 e. The zero-order valence-electron chi connectivity index (χ0n) is 16.7. The molecule has 32 heavy (non-hydrogen) atoms. The van der Waals surface area contributed by atoms with Gasteiger partial charge in [-0.15, -0.1) is 0 Å². The number of nitrogens with zero attached hydrogens (tertiary/aromatic N) is 7. The van der Waals surface area contributed by atoms with E-state index in [9.17, 15) is 22.0 Å². The van der Waals surface area contributed by atoms with Crippen molar-refractivity contribution in [2.24, 2.45) is 11.8 Å². The highest BCUT2D eigenvalue weighted by molar-refractivity contribution is 5.71. The van der Waals surface area contributed by atoms with Gasteiger partial charge < -0.3 is 10.2 Å². The summed E-state index contributed by atoms with van der Waals surface area (Å²) in [5.74, 6) is 1.50. The molecule has 0 bridgehead atoms. The monoisotopic (exact) mass is 454 g/mol. The Hall–Kier alpha value is -3.12. The summed E-state index contributed by atoms with van der Waals surface area (Å²) in [5.41, 5.74) is -0.108. The van der Waals surface area contributed by atoms with Crippen LogP contribution < -0.4 is 10.2 Å². The first kappa shape index (κ1) is 20.8. The van der Waals surface area contributed by atoms with Crippen LogP contribution in [-0.4, -0.2) is 55.3 Å². The van der Waals surface area contributed by atoms with Crippen molar-refractivity contribution < 1.29 is 22.0 Å². The van der Waals surface area contributed by atoms with Crippen molar-refractivity contribution in [2.75, 3.05) is 23.3 Å². The largest absolute Gasteiger partial charge is 0.419 e. The van der Waals surface area contributed by atoms with Crippen LogP contribution in [0, 0.1) is 11.8 Å². The van der Waals surface area contributed by atoms with Crippen LogP contribution in [0.3, 0.4) is 0 Å². The molecule has 4 heterocycles. The van der Waals surface area contributed by atoms with Crippen molar-refractivity contribution in [1.82, 2.24) is 29.7 Å². The molecule has 8 nitrogen and oxygen atoms in total. The van der Waals surface area contributed by atoms with Crippen molar-refractivity contribution >= 4 is 22.9 Å². The molecular weight excluding hydrogens is 435 g/mol. The average molecular weight is 454 g/mol. The minimum absolute atomic E-state index is 0.138. The highest BCUT2D eigenvalue weighted by atomic mass is 19.4. The third-order valence-electron chi connectivity index (χ3n) is 6.01. The van der Waals surface area contributed by atoms with Gasteiger partial charge in [0.2, 0.25) is 5.95 Å². The summed E-state index contributed by atoms with van der Waals surface area (Å²) < 4.78 is 64.7. The van der Waals surface area contributed by atoms with Crippen LogP contribution >= 0.6 is 0 Å². The molecule has 0 spiro atoms. The molecule has 5 rings (SSSR count). The van der Waals surface area contributed by atoms with Crippen LogP contribution in [0.2, 0.25) is 0 Å². The summed E-state index contributed by atoms with van der Waals surface area (Å²) in [7, 11) is 0. The third-order valence-corrected chi connectivity index (χ3v) is 6.01. The zero-order chi connectivity index (χ0) is 22.5. The number of hydrogen-bond acceptors (Lipinski definition) is 7. The molecule has 0 radical (unpaired) electrons. The molecule has 3 aromatic rings. The molecule has 0 unspecified atom stereocenters. The van der Waals surface area contributed by atoms with E-state index in [0.29, 0.717) is 47.9 Å². The highest BCUT2D eigenvalue weighted by Gasteiger charge is 2.42. The van der Waals surface area contributed by atoms with Gasteiger partial charge in [-0.3, -0.25) is 0 Å². The number of halogens is 5. The van der Waals surface area contributed by atoms with Crippen LogP contribution in [0.25, 0.3) is 11.2 Å². The van der Waals surface area contributed by atoms with Crippen molar-refractivity contribution in [3.8, 4) is 0 Å². The first-order valence-electron chi connectivity index (χ1n) is 10.1. The summed E-state index contributed by atoms with van der Waals surface area (Å²) in [6.45, 7) is 0.789. The minimum atomic E-state index is -4.46. The molecule has 2 fully saturated rings.